The first-order chi connectivity index (χ1) is 15.6. The van der Waals surface area contributed by atoms with Crippen LogP contribution in [0.1, 0.15) is 34.3 Å². The van der Waals surface area contributed by atoms with E-state index in [9.17, 15) is 4.79 Å². The Morgan fingerprint density at radius 2 is 1.59 bits per heavy atom. The summed E-state index contributed by atoms with van der Waals surface area (Å²) in [5.74, 6) is 0.567. The number of nitrogens with one attached hydrogen (secondary N) is 1. The third-order valence-electron chi connectivity index (χ3n) is 6.33. The molecule has 1 saturated carbocycles. The predicted molar refractivity (Wildman–Crippen MR) is 129 cm³/mol. The highest BCUT2D eigenvalue weighted by atomic mass is 16.1. The van der Waals surface area contributed by atoms with Crippen molar-refractivity contribution in [2.45, 2.75) is 26.7 Å². The van der Waals surface area contributed by atoms with Crippen LogP contribution in [0.2, 0.25) is 0 Å². The van der Waals surface area contributed by atoms with Crippen molar-refractivity contribution in [3.8, 4) is 28.1 Å². The number of aromatic nitrogens is 2. The molecule has 1 aliphatic carbocycles. The third-order valence-corrected chi connectivity index (χ3v) is 6.33. The summed E-state index contributed by atoms with van der Waals surface area (Å²) < 4.78 is 1.91. The summed E-state index contributed by atoms with van der Waals surface area (Å²) in [7, 11) is 0. The summed E-state index contributed by atoms with van der Waals surface area (Å²) in [6.07, 6.45) is 4.11. The summed E-state index contributed by atoms with van der Waals surface area (Å²) in [6.45, 7) is 4.93. The van der Waals surface area contributed by atoms with Crippen LogP contribution >= 0.6 is 0 Å². The molecule has 32 heavy (non-hydrogen) atoms. The lowest BCUT2D eigenvalue weighted by atomic mass is 10.0. The second-order valence-corrected chi connectivity index (χ2v) is 8.63. The van der Waals surface area contributed by atoms with E-state index in [4.69, 9.17) is 0 Å². The van der Waals surface area contributed by atoms with Gasteiger partial charge in [0.25, 0.3) is 5.91 Å². The monoisotopic (exact) mass is 421 g/mol. The molecule has 4 aromatic rings. The minimum Gasteiger partial charge on any atom is -0.352 e. The van der Waals surface area contributed by atoms with Crippen LogP contribution in [0.15, 0.2) is 79.0 Å². The molecular weight excluding hydrogens is 394 g/mol. The molecule has 1 amide bonds. The number of nitrogens with zero attached hydrogens (tertiary/aromatic N) is 2. The lowest BCUT2D eigenvalue weighted by molar-refractivity contribution is 0.0952. The molecule has 0 saturated heterocycles. The quantitative estimate of drug-likeness (QED) is 0.417. The van der Waals surface area contributed by atoms with Gasteiger partial charge in [0.1, 0.15) is 0 Å². The van der Waals surface area contributed by atoms with E-state index < -0.39 is 0 Å². The molecule has 3 aromatic carbocycles. The zero-order chi connectivity index (χ0) is 22.1. The van der Waals surface area contributed by atoms with Gasteiger partial charge < -0.3 is 5.32 Å². The maximum absolute atomic E-state index is 13.1. The van der Waals surface area contributed by atoms with Crippen molar-refractivity contribution in [3.05, 3.63) is 95.7 Å². The fourth-order valence-corrected chi connectivity index (χ4v) is 4.05. The molecule has 160 valence electrons. The molecule has 0 unspecified atom stereocenters. The zero-order valence-corrected chi connectivity index (χ0v) is 18.5. The second-order valence-electron chi connectivity index (χ2n) is 8.63. The Kier molecular flexibility index (Phi) is 5.36. The molecule has 1 N–H and O–H groups in total. The molecule has 0 atom stereocenters. The van der Waals surface area contributed by atoms with E-state index in [2.05, 4.69) is 72.8 Å². The van der Waals surface area contributed by atoms with E-state index >= 15 is 0 Å². The number of hydrogen-bond donors (Lipinski definition) is 1. The number of benzene rings is 3. The molecule has 1 fully saturated rings. The van der Waals surface area contributed by atoms with Gasteiger partial charge in [0, 0.05) is 12.1 Å². The number of carbonyl (C=O) groups excluding carboxylic acids is 1. The average Bonchev–Trinajstić information content (AvgIpc) is 3.56. The molecule has 0 aliphatic heterocycles. The van der Waals surface area contributed by atoms with Crippen LogP contribution in [-0.2, 0) is 0 Å². The van der Waals surface area contributed by atoms with Gasteiger partial charge in [-0.15, -0.1) is 0 Å². The molecular formula is C28H27N3O. The van der Waals surface area contributed by atoms with Crippen molar-refractivity contribution in [2.24, 2.45) is 5.92 Å². The normalized spacial score (nSPS) is 13.2. The molecule has 1 aliphatic rings. The van der Waals surface area contributed by atoms with Crippen LogP contribution < -0.4 is 5.32 Å². The van der Waals surface area contributed by atoms with Gasteiger partial charge in [-0.3, -0.25) is 4.79 Å². The van der Waals surface area contributed by atoms with Crippen LogP contribution in [0, 0.1) is 19.8 Å². The van der Waals surface area contributed by atoms with Crippen molar-refractivity contribution in [1.29, 1.82) is 0 Å². The van der Waals surface area contributed by atoms with Crippen molar-refractivity contribution >= 4 is 5.91 Å². The zero-order valence-electron chi connectivity index (χ0n) is 18.5. The smallest absolute Gasteiger partial charge is 0.255 e. The Hall–Kier alpha value is -3.66. The highest BCUT2D eigenvalue weighted by Gasteiger charge is 2.25. The second kappa shape index (κ2) is 8.46. The van der Waals surface area contributed by atoms with Gasteiger partial charge in [0.2, 0.25) is 0 Å². The highest BCUT2D eigenvalue weighted by Crippen LogP contribution is 2.31. The first kappa shape index (κ1) is 20.3. The molecule has 1 aromatic heterocycles. The number of aryl methyl sites for hydroxylation is 1. The molecule has 0 spiro atoms. The molecule has 0 bridgehead atoms. The Balaban J connectivity index is 1.58. The minimum atomic E-state index is -0.0596. The maximum Gasteiger partial charge on any atom is 0.255 e. The fourth-order valence-electron chi connectivity index (χ4n) is 4.05. The molecule has 4 heteroatoms. The molecule has 0 radical (unpaired) electrons. The lowest BCUT2D eigenvalue weighted by Crippen LogP contribution is -2.25. The summed E-state index contributed by atoms with van der Waals surface area (Å²) in [5, 5.41) is 7.77. The van der Waals surface area contributed by atoms with Gasteiger partial charge in [-0.2, -0.15) is 5.10 Å². The summed E-state index contributed by atoms with van der Waals surface area (Å²) in [4.78, 5) is 13.1. The first-order valence-corrected chi connectivity index (χ1v) is 11.2. The fraction of sp³-hybridized carbons (Fsp3) is 0.214. The summed E-state index contributed by atoms with van der Waals surface area (Å²) >= 11 is 0. The molecule has 5 rings (SSSR count). The van der Waals surface area contributed by atoms with E-state index in [1.165, 1.54) is 24.0 Å². The van der Waals surface area contributed by atoms with E-state index in [0.717, 1.165) is 34.6 Å². The predicted octanol–water partition coefficient (Wildman–Crippen LogP) is 5.96. The van der Waals surface area contributed by atoms with Gasteiger partial charge in [0.05, 0.1) is 23.1 Å². The van der Waals surface area contributed by atoms with E-state index in [-0.39, 0.29) is 5.91 Å². The number of amides is 1. The first-order valence-electron chi connectivity index (χ1n) is 11.2. The van der Waals surface area contributed by atoms with Crippen molar-refractivity contribution in [1.82, 2.24) is 15.1 Å². The van der Waals surface area contributed by atoms with Crippen molar-refractivity contribution < 1.29 is 4.79 Å². The van der Waals surface area contributed by atoms with Crippen LogP contribution in [0.25, 0.3) is 28.1 Å². The van der Waals surface area contributed by atoms with Crippen LogP contribution in [0.4, 0.5) is 0 Å². The Morgan fingerprint density at radius 1 is 0.906 bits per heavy atom. The van der Waals surface area contributed by atoms with Gasteiger partial charge in [-0.05, 0) is 60.9 Å². The van der Waals surface area contributed by atoms with Crippen molar-refractivity contribution in [3.63, 3.8) is 0 Å². The third kappa shape index (κ3) is 3.96. The number of carbonyl (C=O) groups is 1. The molecule has 1 heterocycles. The topological polar surface area (TPSA) is 46.9 Å². The van der Waals surface area contributed by atoms with Crippen LogP contribution in [-0.4, -0.2) is 22.2 Å². The maximum atomic E-state index is 13.1. The van der Waals surface area contributed by atoms with E-state index in [1.807, 2.05) is 28.9 Å². The number of hydrogen-bond acceptors (Lipinski definition) is 2. The van der Waals surface area contributed by atoms with Gasteiger partial charge in [0.15, 0.2) is 0 Å². The van der Waals surface area contributed by atoms with E-state index in [0.29, 0.717) is 11.5 Å². The van der Waals surface area contributed by atoms with Crippen LogP contribution in [0.3, 0.4) is 0 Å². The van der Waals surface area contributed by atoms with Gasteiger partial charge in [-0.1, -0.05) is 66.7 Å². The summed E-state index contributed by atoms with van der Waals surface area (Å²) in [5.41, 5.74) is 8.07. The summed E-state index contributed by atoms with van der Waals surface area (Å²) in [6, 6.07) is 24.9. The minimum absolute atomic E-state index is 0.0596. The number of rotatable bonds is 6. The van der Waals surface area contributed by atoms with Gasteiger partial charge in [-0.25, -0.2) is 4.68 Å². The molecule has 4 nitrogen and oxygen atoms in total. The largest absolute Gasteiger partial charge is 0.352 e. The van der Waals surface area contributed by atoms with E-state index in [1.54, 1.807) is 6.20 Å². The van der Waals surface area contributed by atoms with Crippen LogP contribution in [0.5, 0.6) is 0 Å². The Labute approximate surface area is 188 Å². The van der Waals surface area contributed by atoms with Crippen molar-refractivity contribution in [2.75, 3.05) is 6.54 Å². The highest BCUT2D eigenvalue weighted by molar-refractivity contribution is 6.00. The lowest BCUT2D eigenvalue weighted by Gasteiger charge is -2.14. The standard InChI is InChI=1S/C28H27N3O/c1-19-7-6-10-26(20(19)2)31-27(25(18-30-31)28(32)29-17-21-11-12-21)24-15-13-23(14-16-24)22-8-4-3-5-9-22/h3-10,13-16,18,21H,11-12,17H2,1-2H3,(H,29,32). The Morgan fingerprint density at radius 3 is 2.31 bits per heavy atom. The average molecular weight is 422 g/mol. The SMILES string of the molecule is Cc1cccc(-n2ncc(C(=O)NCC3CC3)c2-c2ccc(-c3ccccc3)cc2)c1C. The Bertz CT molecular complexity index is 1250. The van der Waals surface area contributed by atoms with Gasteiger partial charge >= 0.3 is 0 Å².